The summed E-state index contributed by atoms with van der Waals surface area (Å²) in [6.45, 7) is 0.647. The second kappa shape index (κ2) is 8.06. The summed E-state index contributed by atoms with van der Waals surface area (Å²) in [5, 5.41) is 2.76. The largest absolute Gasteiger partial charge is 0.455 e. The van der Waals surface area contributed by atoms with E-state index in [9.17, 15) is 21.6 Å². The lowest BCUT2D eigenvalue weighted by molar-refractivity contribution is 0.0892. The minimum absolute atomic E-state index is 0.00487. The fourth-order valence-electron chi connectivity index (χ4n) is 3.09. The maximum absolute atomic E-state index is 12.4. The monoisotopic (exact) mass is 426 g/mol. The molecule has 1 aromatic heterocycles. The highest BCUT2D eigenvalue weighted by atomic mass is 32.2. The van der Waals surface area contributed by atoms with Crippen molar-refractivity contribution in [2.45, 2.75) is 29.5 Å². The zero-order valence-electron chi connectivity index (χ0n) is 15.4. The number of sulfonamides is 1. The second-order valence-corrected chi connectivity index (χ2v) is 10.7. The number of hydrogen-bond donors (Lipinski definition) is 1. The number of amides is 1. The van der Waals surface area contributed by atoms with Gasteiger partial charge in [-0.3, -0.25) is 4.79 Å². The Kier molecular flexibility index (Phi) is 5.92. The van der Waals surface area contributed by atoms with Gasteiger partial charge in [0, 0.05) is 19.1 Å². The molecule has 0 saturated carbocycles. The van der Waals surface area contributed by atoms with Crippen LogP contribution < -0.4 is 5.32 Å². The third-order valence-electron chi connectivity index (χ3n) is 4.51. The lowest BCUT2D eigenvalue weighted by Gasteiger charge is -2.31. The molecule has 10 heteroatoms. The van der Waals surface area contributed by atoms with Crippen LogP contribution in [-0.2, 0) is 25.6 Å². The van der Waals surface area contributed by atoms with Crippen LogP contribution in [0.15, 0.2) is 51.8 Å². The van der Waals surface area contributed by atoms with Crippen molar-refractivity contribution in [3.63, 3.8) is 0 Å². The van der Waals surface area contributed by atoms with Crippen LogP contribution in [0.25, 0.3) is 0 Å². The van der Waals surface area contributed by atoms with Crippen LogP contribution in [0.5, 0.6) is 0 Å². The smallest absolute Gasteiger partial charge is 0.287 e. The Bertz CT molecular complexity index is 1040. The Hall–Kier alpha value is -2.17. The average Bonchev–Trinajstić information content (AvgIpc) is 3.10. The molecule has 1 aliphatic rings. The standard InChI is InChI=1S/C18H22N2O6S2/c1-27(22,23)20-11-5-6-14(12-20)19-18(21)17-10-9-15(26-17)13-28(24,25)16-7-3-2-4-8-16/h2-4,7-10,14H,5-6,11-13H2,1H3,(H,19,21). The summed E-state index contributed by atoms with van der Waals surface area (Å²) in [5.74, 6) is -0.691. The molecule has 1 atom stereocenters. The van der Waals surface area contributed by atoms with Gasteiger partial charge in [-0.2, -0.15) is 0 Å². The molecule has 0 spiro atoms. The topological polar surface area (TPSA) is 114 Å². The van der Waals surface area contributed by atoms with E-state index >= 15 is 0 Å². The number of carbonyl (C=O) groups excluding carboxylic acids is 1. The molecular weight excluding hydrogens is 404 g/mol. The van der Waals surface area contributed by atoms with E-state index in [0.717, 1.165) is 6.26 Å². The summed E-state index contributed by atoms with van der Waals surface area (Å²) in [7, 11) is -6.89. The third-order valence-corrected chi connectivity index (χ3v) is 7.43. The van der Waals surface area contributed by atoms with Crippen molar-refractivity contribution < 1.29 is 26.0 Å². The molecular formula is C18H22N2O6S2. The van der Waals surface area contributed by atoms with Gasteiger partial charge in [-0.05, 0) is 37.1 Å². The van der Waals surface area contributed by atoms with Gasteiger partial charge in [-0.15, -0.1) is 0 Å². The van der Waals surface area contributed by atoms with E-state index in [1.807, 2.05) is 0 Å². The van der Waals surface area contributed by atoms with Gasteiger partial charge in [0.1, 0.15) is 11.5 Å². The lowest BCUT2D eigenvalue weighted by Crippen LogP contribution is -2.49. The first kappa shape index (κ1) is 20.6. The van der Waals surface area contributed by atoms with Crippen molar-refractivity contribution in [3.8, 4) is 0 Å². The maximum Gasteiger partial charge on any atom is 0.287 e. The molecule has 1 saturated heterocycles. The summed E-state index contributed by atoms with van der Waals surface area (Å²) < 4.78 is 54.9. The summed E-state index contributed by atoms with van der Waals surface area (Å²) in [4.78, 5) is 12.6. The van der Waals surface area contributed by atoms with Gasteiger partial charge < -0.3 is 9.73 Å². The van der Waals surface area contributed by atoms with Crippen molar-refractivity contribution >= 4 is 25.8 Å². The Morgan fingerprint density at radius 2 is 1.86 bits per heavy atom. The van der Waals surface area contributed by atoms with Crippen LogP contribution in [0.3, 0.4) is 0 Å². The molecule has 152 valence electrons. The highest BCUT2D eigenvalue weighted by Crippen LogP contribution is 2.19. The molecule has 1 amide bonds. The van der Waals surface area contributed by atoms with Crippen molar-refractivity contribution in [3.05, 3.63) is 54.0 Å². The van der Waals surface area contributed by atoms with Crippen molar-refractivity contribution in [1.82, 2.24) is 9.62 Å². The molecule has 1 aromatic carbocycles. The van der Waals surface area contributed by atoms with Crippen molar-refractivity contribution in [1.29, 1.82) is 0 Å². The molecule has 0 bridgehead atoms. The number of hydrogen-bond acceptors (Lipinski definition) is 6. The molecule has 2 heterocycles. The summed E-state index contributed by atoms with van der Waals surface area (Å²) in [6.07, 6.45) is 2.45. The van der Waals surface area contributed by atoms with Crippen LogP contribution in [0.4, 0.5) is 0 Å². The molecule has 1 fully saturated rings. The van der Waals surface area contributed by atoms with E-state index in [-0.39, 0.29) is 34.8 Å². The molecule has 0 radical (unpaired) electrons. The summed E-state index contributed by atoms with van der Waals surface area (Å²) >= 11 is 0. The minimum Gasteiger partial charge on any atom is -0.455 e. The molecule has 1 unspecified atom stereocenters. The van der Waals surface area contributed by atoms with Crippen molar-refractivity contribution in [2.24, 2.45) is 0 Å². The SMILES string of the molecule is CS(=O)(=O)N1CCCC(NC(=O)c2ccc(CS(=O)(=O)c3ccccc3)o2)C1. The Morgan fingerprint density at radius 3 is 2.54 bits per heavy atom. The third kappa shape index (κ3) is 5.00. The van der Waals surface area contributed by atoms with Gasteiger partial charge in [-0.25, -0.2) is 21.1 Å². The van der Waals surface area contributed by atoms with Crippen LogP contribution in [0, 0.1) is 0 Å². The Labute approximate surface area is 164 Å². The molecule has 8 nitrogen and oxygen atoms in total. The first-order valence-electron chi connectivity index (χ1n) is 8.78. The first-order valence-corrected chi connectivity index (χ1v) is 12.3. The first-order chi connectivity index (χ1) is 13.1. The van der Waals surface area contributed by atoms with E-state index in [0.29, 0.717) is 19.4 Å². The van der Waals surface area contributed by atoms with E-state index < -0.39 is 25.8 Å². The molecule has 3 rings (SSSR count). The fraction of sp³-hybridized carbons (Fsp3) is 0.389. The van der Waals surface area contributed by atoms with Gasteiger partial charge in [0.05, 0.1) is 11.2 Å². The number of carbonyl (C=O) groups is 1. The number of nitrogens with one attached hydrogen (secondary N) is 1. The zero-order valence-corrected chi connectivity index (χ0v) is 17.0. The number of furan rings is 1. The highest BCUT2D eigenvalue weighted by molar-refractivity contribution is 7.90. The van der Waals surface area contributed by atoms with Crippen LogP contribution >= 0.6 is 0 Å². The Morgan fingerprint density at radius 1 is 1.14 bits per heavy atom. The van der Waals surface area contributed by atoms with Gasteiger partial charge in [0.15, 0.2) is 15.6 Å². The zero-order chi connectivity index (χ0) is 20.4. The van der Waals surface area contributed by atoms with Crippen molar-refractivity contribution in [2.75, 3.05) is 19.3 Å². The van der Waals surface area contributed by atoms with Gasteiger partial charge in [-0.1, -0.05) is 18.2 Å². The quantitative estimate of drug-likeness (QED) is 0.747. The molecule has 1 aliphatic heterocycles. The Balaban J connectivity index is 1.64. The molecule has 2 aromatic rings. The van der Waals surface area contributed by atoms with Crippen LogP contribution in [0.2, 0.25) is 0 Å². The molecule has 1 N–H and O–H groups in total. The van der Waals surface area contributed by atoms with Gasteiger partial charge in [0.2, 0.25) is 10.0 Å². The van der Waals surface area contributed by atoms with E-state index in [2.05, 4.69) is 5.32 Å². The summed E-state index contributed by atoms with van der Waals surface area (Å²) in [6, 6.07) is 10.6. The highest BCUT2D eigenvalue weighted by Gasteiger charge is 2.28. The normalized spacial score (nSPS) is 18.7. The summed E-state index contributed by atoms with van der Waals surface area (Å²) in [5.41, 5.74) is 0. The number of sulfone groups is 1. The number of piperidine rings is 1. The molecule has 0 aliphatic carbocycles. The predicted octanol–water partition coefficient (Wildman–Crippen LogP) is 1.41. The van der Waals surface area contributed by atoms with E-state index in [4.69, 9.17) is 4.42 Å². The molecule has 28 heavy (non-hydrogen) atoms. The second-order valence-electron chi connectivity index (χ2n) is 6.77. The fourth-order valence-corrected chi connectivity index (χ4v) is 5.27. The maximum atomic E-state index is 12.4. The average molecular weight is 427 g/mol. The number of benzene rings is 1. The van der Waals surface area contributed by atoms with Gasteiger partial charge in [0.25, 0.3) is 5.91 Å². The van der Waals surface area contributed by atoms with Gasteiger partial charge >= 0.3 is 0 Å². The van der Waals surface area contributed by atoms with E-state index in [1.54, 1.807) is 18.2 Å². The van der Waals surface area contributed by atoms with Crippen LogP contribution in [-0.4, -0.2) is 52.4 Å². The number of nitrogens with zero attached hydrogens (tertiary/aromatic N) is 1. The predicted molar refractivity (Wildman–Crippen MR) is 103 cm³/mol. The lowest BCUT2D eigenvalue weighted by atomic mass is 10.1. The van der Waals surface area contributed by atoms with E-state index in [1.165, 1.54) is 28.6 Å². The minimum atomic E-state index is -3.58. The number of rotatable bonds is 6. The van der Waals surface area contributed by atoms with Crippen LogP contribution in [0.1, 0.15) is 29.2 Å².